The van der Waals surface area contributed by atoms with Crippen LogP contribution in [0.2, 0.25) is 0 Å². The summed E-state index contributed by atoms with van der Waals surface area (Å²) in [6.45, 7) is 4.82. The number of hydrogen-bond donors (Lipinski definition) is 0. The molecule has 0 saturated heterocycles. The fourth-order valence-electron chi connectivity index (χ4n) is 3.00. The van der Waals surface area contributed by atoms with Gasteiger partial charge in [-0.3, -0.25) is 0 Å². The molecule has 2 aromatic carbocycles. The minimum Gasteiger partial charge on any atom is -0.483 e. The molecule has 4 rings (SSSR count). The van der Waals surface area contributed by atoms with Crippen molar-refractivity contribution < 1.29 is 4.74 Å². The Hall–Kier alpha value is -2.88. The van der Waals surface area contributed by atoms with E-state index in [0.717, 1.165) is 22.6 Å². The third kappa shape index (κ3) is 2.83. The van der Waals surface area contributed by atoms with Gasteiger partial charge in [0.05, 0.1) is 12.7 Å². The molecule has 0 atom stereocenters. The van der Waals surface area contributed by atoms with Gasteiger partial charge in [0.25, 0.3) is 0 Å². The normalized spacial score (nSPS) is 15.3. The lowest BCUT2D eigenvalue weighted by Gasteiger charge is -2.30. The molecular formula is C20H19N3O. The van der Waals surface area contributed by atoms with Gasteiger partial charge >= 0.3 is 0 Å². The molecule has 0 saturated carbocycles. The first kappa shape index (κ1) is 14.7. The molecule has 0 fully saturated rings. The highest BCUT2D eigenvalue weighted by molar-refractivity contribution is 5.82. The summed E-state index contributed by atoms with van der Waals surface area (Å²) in [5.41, 5.74) is 3.84. The van der Waals surface area contributed by atoms with E-state index in [0.29, 0.717) is 6.54 Å². The minimum absolute atomic E-state index is 0.368. The van der Waals surface area contributed by atoms with E-state index in [-0.39, 0.29) is 5.60 Å². The Morgan fingerprint density at radius 2 is 1.75 bits per heavy atom. The highest BCUT2D eigenvalue weighted by Gasteiger charge is 2.28. The van der Waals surface area contributed by atoms with Gasteiger partial charge in [-0.2, -0.15) is 0 Å². The number of rotatable bonds is 3. The molecular weight excluding hydrogens is 298 g/mol. The lowest BCUT2D eigenvalue weighted by atomic mass is 9.93. The van der Waals surface area contributed by atoms with Gasteiger partial charge in [-0.1, -0.05) is 53.7 Å². The van der Waals surface area contributed by atoms with E-state index in [9.17, 15) is 0 Å². The van der Waals surface area contributed by atoms with Crippen molar-refractivity contribution in [3.63, 3.8) is 0 Å². The Morgan fingerprint density at radius 1 is 1.00 bits per heavy atom. The summed E-state index contributed by atoms with van der Waals surface area (Å²) in [4.78, 5) is 0. The zero-order valence-electron chi connectivity index (χ0n) is 13.8. The van der Waals surface area contributed by atoms with Crippen LogP contribution in [0, 0.1) is 0 Å². The molecule has 1 aliphatic rings. The summed E-state index contributed by atoms with van der Waals surface area (Å²) in [5, 5.41) is 8.68. The van der Waals surface area contributed by atoms with E-state index in [1.807, 2.05) is 47.3 Å². The lowest BCUT2D eigenvalue weighted by Crippen LogP contribution is -2.29. The predicted molar refractivity (Wildman–Crippen MR) is 93.8 cm³/mol. The number of nitrogens with zero attached hydrogens (tertiary/aromatic N) is 3. The Kier molecular flexibility index (Phi) is 3.45. The summed E-state index contributed by atoms with van der Waals surface area (Å²) in [6.07, 6.45) is 4.11. The van der Waals surface area contributed by atoms with Crippen LogP contribution in [-0.4, -0.2) is 20.6 Å². The zero-order valence-corrected chi connectivity index (χ0v) is 13.8. The molecule has 0 unspecified atom stereocenters. The molecule has 24 heavy (non-hydrogen) atoms. The van der Waals surface area contributed by atoms with E-state index in [1.165, 1.54) is 5.56 Å². The molecule has 120 valence electrons. The molecule has 2 heterocycles. The third-order valence-corrected chi connectivity index (χ3v) is 4.04. The first-order chi connectivity index (χ1) is 11.6. The van der Waals surface area contributed by atoms with Gasteiger partial charge in [0.1, 0.15) is 17.0 Å². The van der Waals surface area contributed by atoms with Crippen LogP contribution in [0.15, 0.2) is 66.9 Å². The van der Waals surface area contributed by atoms with Crippen LogP contribution in [-0.2, 0) is 6.54 Å². The van der Waals surface area contributed by atoms with Crippen molar-refractivity contribution in [1.82, 2.24) is 15.0 Å². The van der Waals surface area contributed by atoms with Crippen LogP contribution in [0.3, 0.4) is 0 Å². The highest BCUT2D eigenvalue weighted by atomic mass is 16.5. The van der Waals surface area contributed by atoms with E-state index in [1.54, 1.807) is 0 Å². The molecule has 4 heteroatoms. The molecule has 1 aromatic heterocycles. The van der Waals surface area contributed by atoms with Crippen molar-refractivity contribution in [2.75, 3.05) is 0 Å². The summed E-state index contributed by atoms with van der Waals surface area (Å²) in [6, 6.07) is 18.3. The highest BCUT2D eigenvalue weighted by Crippen LogP contribution is 2.38. The predicted octanol–water partition coefficient (Wildman–Crippen LogP) is 3.93. The van der Waals surface area contributed by atoms with Gasteiger partial charge in [0, 0.05) is 11.1 Å². The van der Waals surface area contributed by atoms with Crippen molar-refractivity contribution in [2.24, 2.45) is 0 Å². The number of ether oxygens (including phenoxy) is 1. The van der Waals surface area contributed by atoms with E-state index in [2.05, 4.69) is 48.4 Å². The Balaban J connectivity index is 1.69. The molecule has 0 bridgehead atoms. The zero-order chi connectivity index (χ0) is 16.6. The topological polar surface area (TPSA) is 39.9 Å². The van der Waals surface area contributed by atoms with Gasteiger partial charge in [-0.15, -0.1) is 5.10 Å². The van der Waals surface area contributed by atoms with Crippen LogP contribution in [0.1, 0.15) is 30.7 Å². The number of benzene rings is 2. The van der Waals surface area contributed by atoms with Gasteiger partial charge in [0.2, 0.25) is 0 Å². The third-order valence-electron chi connectivity index (χ3n) is 4.04. The van der Waals surface area contributed by atoms with Crippen LogP contribution < -0.4 is 4.74 Å². The fourth-order valence-corrected chi connectivity index (χ4v) is 3.00. The molecule has 0 amide bonds. The van der Waals surface area contributed by atoms with Crippen molar-refractivity contribution in [3.05, 3.63) is 83.7 Å². The van der Waals surface area contributed by atoms with Crippen molar-refractivity contribution in [3.8, 4) is 5.75 Å². The quantitative estimate of drug-likeness (QED) is 0.735. The van der Waals surface area contributed by atoms with Crippen LogP contribution in [0.25, 0.3) is 5.57 Å². The SMILES string of the molecule is CC1(C)C=C(c2cn(Cc3ccccc3)nn2)c2ccccc2O1. The Morgan fingerprint density at radius 3 is 2.58 bits per heavy atom. The molecule has 0 spiro atoms. The summed E-state index contributed by atoms with van der Waals surface area (Å²) < 4.78 is 7.91. The van der Waals surface area contributed by atoms with Crippen LogP contribution in [0.4, 0.5) is 0 Å². The standard InChI is InChI=1S/C20H19N3O/c1-20(2)12-17(16-10-6-7-11-19(16)24-20)18-14-23(22-21-18)13-15-8-4-3-5-9-15/h3-12,14H,13H2,1-2H3. The molecule has 1 aliphatic heterocycles. The average Bonchev–Trinajstić information content (AvgIpc) is 3.02. The van der Waals surface area contributed by atoms with Gasteiger partial charge in [0.15, 0.2) is 0 Å². The monoisotopic (exact) mass is 317 g/mol. The Bertz CT molecular complexity index is 894. The van der Waals surface area contributed by atoms with Crippen molar-refractivity contribution >= 4 is 5.57 Å². The molecule has 0 N–H and O–H groups in total. The maximum absolute atomic E-state index is 6.04. The maximum Gasteiger partial charge on any atom is 0.128 e. The Labute approximate surface area is 141 Å². The summed E-state index contributed by atoms with van der Waals surface area (Å²) in [5.74, 6) is 0.887. The van der Waals surface area contributed by atoms with Crippen LogP contribution in [0.5, 0.6) is 5.75 Å². The summed E-state index contributed by atoms with van der Waals surface area (Å²) in [7, 11) is 0. The average molecular weight is 317 g/mol. The van der Waals surface area contributed by atoms with Crippen molar-refractivity contribution in [2.45, 2.75) is 26.0 Å². The number of para-hydroxylation sites is 1. The van der Waals surface area contributed by atoms with E-state index < -0.39 is 0 Å². The summed E-state index contributed by atoms with van der Waals surface area (Å²) >= 11 is 0. The second kappa shape index (κ2) is 5.64. The molecule has 4 nitrogen and oxygen atoms in total. The second-order valence-electron chi connectivity index (χ2n) is 6.55. The van der Waals surface area contributed by atoms with Crippen LogP contribution >= 0.6 is 0 Å². The molecule has 0 aliphatic carbocycles. The maximum atomic E-state index is 6.04. The van der Waals surface area contributed by atoms with E-state index in [4.69, 9.17) is 4.74 Å². The number of aromatic nitrogens is 3. The van der Waals surface area contributed by atoms with Gasteiger partial charge in [-0.05, 0) is 31.6 Å². The minimum atomic E-state index is -0.368. The van der Waals surface area contributed by atoms with Gasteiger partial charge in [-0.25, -0.2) is 4.68 Å². The second-order valence-corrected chi connectivity index (χ2v) is 6.55. The molecule has 3 aromatic rings. The van der Waals surface area contributed by atoms with Gasteiger partial charge < -0.3 is 4.74 Å². The fraction of sp³-hybridized carbons (Fsp3) is 0.200. The first-order valence-electron chi connectivity index (χ1n) is 8.06. The largest absolute Gasteiger partial charge is 0.483 e. The smallest absolute Gasteiger partial charge is 0.128 e. The number of fused-ring (bicyclic) bond motifs is 1. The lowest BCUT2D eigenvalue weighted by molar-refractivity contribution is 0.158. The van der Waals surface area contributed by atoms with Crippen molar-refractivity contribution in [1.29, 1.82) is 0 Å². The number of hydrogen-bond acceptors (Lipinski definition) is 3. The van der Waals surface area contributed by atoms with E-state index >= 15 is 0 Å². The molecule has 0 radical (unpaired) electrons. The first-order valence-corrected chi connectivity index (χ1v) is 8.06.